The minimum Gasteiger partial charge on any atom is -0.478 e. The predicted octanol–water partition coefficient (Wildman–Crippen LogP) is 3.42. The largest absolute Gasteiger partial charge is 0.478 e. The number of carbonyl (C=O) groups is 1. The third-order valence-corrected chi connectivity index (χ3v) is 6.20. The Bertz CT molecular complexity index is 1590. The van der Waals surface area contributed by atoms with Crippen molar-refractivity contribution in [3.8, 4) is 11.4 Å². The van der Waals surface area contributed by atoms with E-state index in [9.17, 15) is 19.5 Å². The second kappa shape index (κ2) is 10.1. The van der Waals surface area contributed by atoms with Crippen LogP contribution in [0.2, 0.25) is 5.02 Å². The van der Waals surface area contributed by atoms with Gasteiger partial charge in [0.25, 0.3) is 0 Å². The van der Waals surface area contributed by atoms with Crippen LogP contribution in [-0.4, -0.2) is 30.2 Å². The van der Waals surface area contributed by atoms with Gasteiger partial charge in [-0.05, 0) is 59.9 Å². The molecule has 37 heavy (non-hydrogen) atoms. The lowest BCUT2D eigenvalue weighted by Crippen LogP contribution is -2.24. The summed E-state index contributed by atoms with van der Waals surface area (Å²) in [6, 6.07) is 11.5. The van der Waals surface area contributed by atoms with E-state index < -0.39 is 17.3 Å². The van der Waals surface area contributed by atoms with E-state index >= 15 is 0 Å². The molecular weight excluding hydrogens is 496 g/mol. The summed E-state index contributed by atoms with van der Waals surface area (Å²) >= 11 is 6.71. The van der Waals surface area contributed by atoms with Gasteiger partial charge in [-0.3, -0.25) is 9.13 Å². The fourth-order valence-electron chi connectivity index (χ4n) is 3.83. The van der Waals surface area contributed by atoms with Gasteiger partial charge in [-0.25, -0.2) is 14.4 Å². The Hall–Kier alpha value is -4.70. The van der Waals surface area contributed by atoms with Gasteiger partial charge in [0.05, 0.1) is 22.0 Å². The first-order valence-electron chi connectivity index (χ1n) is 11.1. The number of aromatic nitrogens is 4. The van der Waals surface area contributed by atoms with Crippen molar-refractivity contribution >= 4 is 35.3 Å². The summed E-state index contributed by atoms with van der Waals surface area (Å²) in [7, 11) is 0. The number of allylic oxidation sites excluding steroid dienone is 1. The zero-order chi connectivity index (χ0) is 26.9. The van der Waals surface area contributed by atoms with Crippen molar-refractivity contribution in [3.05, 3.63) is 109 Å². The first-order chi connectivity index (χ1) is 17.5. The molecule has 0 saturated heterocycles. The minimum absolute atomic E-state index is 0.0632. The number of nitrogen functional groups attached to an aromatic ring is 2. The van der Waals surface area contributed by atoms with Gasteiger partial charge in [0, 0.05) is 12.4 Å². The number of carboxylic acids is 1. The van der Waals surface area contributed by atoms with Crippen LogP contribution in [-0.2, 0) is 0 Å². The second-order valence-corrected chi connectivity index (χ2v) is 8.79. The summed E-state index contributed by atoms with van der Waals surface area (Å²) in [5.74, 6) is -1.06. The molecule has 4 aromatic rings. The molecular formula is C26H23ClN6O4. The van der Waals surface area contributed by atoms with Gasteiger partial charge in [-0.2, -0.15) is 9.97 Å². The van der Waals surface area contributed by atoms with E-state index in [0.717, 1.165) is 11.1 Å². The van der Waals surface area contributed by atoms with Gasteiger partial charge in [0.2, 0.25) is 0 Å². The third kappa shape index (κ3) is 5.29. The number of benzene rings is 2. The molecule has 10 nitrogen and oxygen atoms in total. The number of anilines is 2. The van der Waals surface area contributed by atoms with Crippen molar-refractivity contribution in [2.24, 2.45) is 0 Å². The molecule has 188 valence electrons. The highest BCUT2D eigenvalue weighted by Gasteiger charge is 2.17. The van der Waals surface area contributed by atoms with Crippen LogP contribution in [0.4, 0.5) is 11.6 Å². The average Bonchev–Trinajstić information content (AvgIpc) is 2.83. The number of carboxylic acid groups (broad SMARTS) is 1. The highest BCUT2D eigenvalue weighted by molar-refractivity contribution is 6.34. The lowest BCUT2D eigenvalue weighted by atomic mass is 9.97. The van der Waals surface area contributed by atoms with E-state index in [2.05, 4.69) is 9.97 Å². The van der Waals surface area contributed by atoms with Gasteiger partial charge < -0.3 is 16.6 Å². The monoisotopic (exact) mass is 518 g/mol. The molecule has 1 atom stereocenters. The van der Waals surface area contributed by atoms with Crippen molar-refractivity contribution in [3.63, 3.8) is 0 Å². The van der Waals surface area contributed by atoms with Gasteiger partial charge in [0.15, 0.2) is 0 Å². The van der Waals surface area contributed by atoms with E-state index in [1.165, 1.54) is 33.7 Å². The number of hydrogen-bond donors (Lipinski definition) is 3. The first-order valence-corrected chi connectivity index (χ1v) is 11.5. The van der Waals surface area contributed by atoms with Crippen molar-refractivity contribution in [2.45, 2.75) is 19.8 Å². The first kappa shape index (κ1) is 25.4. The minimum atomic E-state index is -0.984. The van der Waals surface area contributed by atoms with Crippen molar-refractivity contribution in [1.29, 1.82) is 0 Å². The smallest absolute Gasteiger partial charge is 0.354 e. The number of hydrogen-bond acceptors (Lipinski definition) is 7. The number of nitrogens with zero attached hydrogens (tertiary/aromatic N) is 4. The molecule has 0 aliphatic carbocycles. The van der Waals surface area contributed by atoms with Crippen LogP contribution < -0.4 is 22.8 Å². The number of halogens is 1. The van der Waals surface area contributed by atoms with Crippen LogP contribution in [0.15, 0.2) is 70.5 Å². The highest BCUT2D eigenvalue weighted by Crippen LogP contribution is 2.32. The Morgan fingerprint density at radius 2 is 1.51 bits per heavy atom. The molecule has 0 aliphatic heterocycles. The number of aryl methyl sites for hydroxylation is 1. The Morgan fingerprint density at radius 1 is 0.973 bits per heavy atom. The van der Waals surface area contributed by atoms with Crippen LogP contribution in [0.5, 0.6) is 0 Å². The normalized spacial score (nSPS) is 12.1. The van der Waals surface area contributed by atoms with Crippen LogP contribution in [0.1, 0.15) is 39.9 Å². The lowest BCUT2D eigenvalue weighted by Gasteiger charge is -2.17. The van der Waals surface area contributed by atoms with Gasteiger partial charge >= 0.3 is 17.3 Å². The van der Waals surface area contributed by atoms with Crippen LogP contribution in [0, 0.1) is 6.92 Å². The maximum atomic E-state index is 12.6. The third-order valence-electron chi connectivity index (χ3n) is 5.81. The summed E-state index contributed by atoms with van der Waals surface area (Å²) < 4.78 is 2.48. The molecule has 0 saturated carbocycles. The number of aromatic carboxylic acids is 1. The molecule has 0 fully saturated rings. The maximum absolute atomic E-state index is 12.6. The molecule has 2 heterocycles. The van der Waals surface area contributed by atoms with E-state index in [1.807, 2.05) is 19.1 Å². The summed E-state index contributed by atoms with van der Waals surface area (Å²) in [5, 5.41) is 9.38. The summed E-state index contributed by atoms with van der Waals surface area (Å²) in [5.41, 5.74) is 13.1. The molecule has 1 unspecified atom stereocenters. The molecule has 0 amide bonds. The van der Waals surface area contributed by atoms with Gasteiger partial charge in [0.1, 0.15) is 11.6 Å². The molecule has 11 heteroatoms. The van der Waals surface area contributed by atoms with E-state index in [0.29, 0.717) is 16.9 Å². The Labute approximate surface area is 216 Å². The molecule has 2 aromatic heterocycles. The highest BCUT2D eigenvalue weighted by atomic mass is 35.5. The van der Waals surface area contributed by atoms with Crippen molar-refractivity contribution in [2.75, 3.05) is 11.5 Å². The van der Waals surface area contributed by atoms with Crippen LogP contribution >= 0.6 is 11.6 Å². The maximum Gasteiger partial charge on any atom is 0.354 e. The van der Waals surface area contributed by atoms with E-state index in [4.69, 9.17) is 23.1 Å². The average molecular weight is 519 g/mol. The predicted molar refractivity (Wildman–Crippen MR) is 143 cm³/mol. The molecule has 2 aromatic carbocycles. The summed E-state index contributed by atoms with van der Waals surface area (Å²) in [6.07, 6.45) is 6.69. The lowest BCUT2D eigenvalue weighted by molar-refractivity contribution is 0.0696. The van der Waals surface area contributed by atoms with E-state index in [1.54, 1.807) is 37.3 Å². The number of rotatable bonds is 6. The summed E-state index contributed by atoms with van der Waals surface area (Å²) in [4.78, 5) is 44.1. The molecule has 4 rings (SSSR count). The Kier molecular flexibility index (Phi) is 6.94. The standard InChI is InChI=1S/C26H23ClN6O4/c1-14(3-4-16-5-6-18(24(34)35)15(2)11-16)17-12-19(32-9-7-21(28)30-25(32)36)23(27)20(13-17)33-10-8-22(29)31-26(33)37/h3-14H,1-2H3,(H,34,35)(H2,28,30,36)(H2,29,31,37)/b4-3+. The van der Waals surface area contributed by atoms with Gasteiger partial charge in [-0.15, -0.1) is 0 Å². The Balaban J connectivity index is 1.84. The topological polar surface area (TPSA) is 159 Å². The quantitative estimate of drug-likeness (QED) is 0.350. The molecule has 5 N–H and O–H groups in total. The van der Waals surface area contributed by atoms with Crippen LogP contribution in [0.3, 0.4) is 0 Å². The van der Waals surface area contributed by atoms with Gasteiger partial charge in [-0.1, -0.05) is 42.8 Å². The van der Waals surface area contributed by atoms with Crippen LogP contribution in [0.25, 0.3) is 17.5 Å². The van der Waals surface area contributed by atoms with E-state index in [-0.39, 0.29) is 28.1 Å². The zero-order valence-electron chi connectivity index (χ0n) is 19.9. The fraction of sp³-hybridized carbons (Fsp3) is 0.115. The zero-order valence-corrected chi connectivity index (χ0v) is 20.7. The number of nitrogens with two attached hydrogens (primary N) is 2. The SMILES string of the molecule is Cc1cc(/C=C/C(C)c2cc(-n3ccc(N)nc3=O)c(Cl)c(-n3ccc(N)nc3=O)c2)ccc1C(=O)O. The summed E-state index contributed by atoms with van der Waals surface area (Å²) in [6.45, 7) is 3.67. The van der Waals surface area contributed by atoms with Crippen molar-refractivity contribution in [1.82, 2.24) is 19.1 Å². The molecule has 0 radical (unpaired) electrons. The molecule has 0 bridgehead atoms. The van der Waals surface area contributed by atoms with Crippen molar-refractivity contribution < 1.29 is 9.90 Å². The fourth-order valence-corrected chi connectivity index (χ4v) is 4.12. The molecule has 0 spiro atoms. The Morgan fingerprint density at radius 3 is 1.97 bits per heavy atom. The second-order valence-electron chi connectivity index (χ2n) is 8.41. The molecule has 0 aliphatic rings.